The molecule has 244 valence electrons. The first-order valence-corrected chi connectivity index (χ1v) is 14.9. The number of hydrogen-bond donors (Lipinski definition) is 5. The predicted octanol–water partition coefficient (Wildman–Crippen LogP) is 6.74. The molecule has 0 saturated carbocycles. The van der Waals surface area contributed by atoms with Gasteiger partial charge in [0.25, 0.3) is 0 Å². The number of hydrogen-bond acceptors (Lipinski definition) is 7. The fourth-order valence-electron chi connectivity index (χ4n) is 5.07. The van der Waals surface area contributed by atoms with Crippen molar-refractivity contribution in [2.75, 3.05) is 0 Å². The topological polar surface area (TPSA) is 147 Å². The molecule has 0 saturated heterocycles. The number of nitrogens with one attached hydrogen (secondary N) is 2. The first-order valence-electron chi connectivity index (χ1n) is 14.9. The average Bonchev–Trinajstić information content (AvgIpc) is 2.96. The second kappa shape index (κ2) is 13.6. The van der Waals surface area contributed by atoms with Crippen LogP contribution in [0.25, 0.3) is 5.57 Å². The van der Waals surface area contributed by atoms with Gasteiger partial charge in [0.2, 0.25) is 0 Å². The van der Waals surface area contributed by atoms with Gasteiger partial charge in [0.15, 0.2) is 0 Å². The summed E-state index contributed by atoms with van der Waals surface area (Å²) in [5.41, 5.74) is -0.508. The normalized spacial score (nSPS) is 18.3. The van der Waals surface area contributed by atoms with E-state index < -0.39 is 40.8 Å². The molecule has 4 rings (SSSR count). The van der Waals surface area contributed by atoms with E-state index in [2.05, 4.69) is 10.6 Å². The fraction of sp³-hybridized carbons (Fsp3) is 0.333. The maximum Gasteiger partial charge on any atom is 0.412 e. The van der Waals surface area contributed by atoms with Crippen molar-refractivity contribution in [2.24, 2.45) is 0 Å². The molecule has 0 heterocycles. The molecular weight excluding hydrogens is 588 g/mol. The average molecular weight is 631 g/mol. The van der Waals surface area contributed by atoms with Crippen molar-refractivity contribution in [1.29, 1.82) is 0 Å². The number of carbonyl (C=O) groups is 2. The number of aliphatic hydroxyl groups is 2. The summed E-state index contributed by atoms with van der Waals surface area (Å²) < 4.78 is 17.2. The van der Waals surface area contributed by atoms with Gasteiger partial charge >= 0.3 is 12.2 Å². The van der Waals surface area contributed by atoms with Crippen LogP contribution in [0, 0.1) is 0 Å². The molecule has 3 aromatic rings. The molecule has 0 spiro atoms. The number of allylic oxidation sites excluding steroid dienone is 1. The predicted molar refractivity (Wildman–Crippen MR) is 175 cm³/mol. The molecular formula is C36H42N2O8. The van der Waals surface area contributed by atoms with Crippen molar-refractivity contribution in [1.82, 2.24) is 10.6 Å². The standard InChI is InChI=1S/C36H42N2O8/c1-34(2,3)45-26-16-12-23(13-17-26)20-36(38-32(41)42)21-28(25-14-18-27(19-15-25)46-35(4,5)6)29(30(39)31(36)40)37-33(43)44-22-24-10-8-7-9-11-24/h7-19,21,31,38-40H,20,22H2,1-6H3,(H,37,43)(H,41,42). The summed E-state index contributed by atoms with van der Waals surface area (Å²) in [4.78, 5) is 25.1. The lowest BCUT2D eigenvalue weighted by Gasteiger charge is -2.40. The van der Waals surface area contributed by atoms with Crippen LogP contribution in [0.4, 0.5) is 9.59 Å². The second-order valence-electron chi connectivity index (χ2n) is 13.2. The van der Waals surface area contributed by atoms with E-state index in [1.54, 1.807) is 60.7 Å². The Kier molecular flexibility index (Phi) is 10.0. The van der Waals surface area contributed by atoms with Crippen molar-refractivity contribution in [3.63, 3.8) is 0 Å². The summed E-state index contributed by atoms with van der Waals surface area (Å²) in [7, 11) is 0. The Balaban J connectivity index is 1.74. The molecule has 1 aliphatic rings. The molecule has 46 heavy (non-hydrogen) atoms. The molecule has 0 fully saturated rings. The maximum atomic E-state index is 13.0. The first-order chi connectivity index (χ1) is 21.5. The molecule has 10 heteroatoms. The highest BCUT2D eigenvalue weighted by Gasteiger charge is 2.46. The summed E-state index contributed by atoms with van der Waals surface area (Å²) in [6.45, 7) is 11.5. The van der Waals surface area contributed by atoms with Crippen molar-refractivity contribution in [3.8, 4) is 11.5 Å². The minimum Gasteiger partial charge on any atom is -0.507 e. The highest BCUT2D eigenvalue weighted by molar-refractivity contribution is 5.87. The monoisotopic (exact) mass is 630 g/mol. The van der Waals surface area contributed by atoms with Crippen LogP contribution >= 0.6 is 0 Å². The van der Waals surface area contributed by atoms with Crippen LogP contribution in [0.3, 0.4) is 0 Å². The Morgan fingerprint density at radius 2 is 1.35 bits per heavy atom. The Bertz CT molecular complexity index is 1580. The van der Waals surface area contributed by atoms with Gasteiger partial charge in [0.05, 0.1) is 11.2 Å². The van der Waals surface area contributed by atoms with Crippen molar-refractivity contribution in [3.05, 3.63) is 113 Å². The number of carbonyl (C=O) groups excluding carboxylic acids is 1. The van der Waals surface area contributed by atoms with E-state index in [1.807, 2.05) is 59.7 Å². The van der Waals surface area contributed by atoms with Gasteiger partial charge in [0.1, 0.15) is 41.2 Å². The van der Waals surface area contributed by atoms with E-state index in [0.29, 0.717) is 22.6 Å². The van der Waals surface area contributed by atoms with E-state index in [1.165, 1.54) is 6.08 Å². The van der Waals surface area contributed by atoms with Crippen LogP contribution in [-0.2, 0) is 17.8 Å². The van der Waals surface area contributed by atoms with E-state index in [0.717, 1.165) is 5.56 Å². The number of alkyl carbamates (subject to hydrolysis) is 1. The number of ether oxygens (including phenoxy) is 3. The third kappa shape index (κ3) is 9.04. The van der Waals surface area contributed by atoms with Gasteiger partial charge in [0, 0.05) is 12.0 Å². The van der Waals surface area contributed by atoms with Crippen LogP contribution in [-0.4, -0.2) is 50.4 Å². The summed E-state index contributed by atoms with van der Waals surface area (Å²) >= 11 is 0. The lowest BCUT2D eigenvalue weighted by atomic mass is 9.77. The van der Waals surface area contributed by atoms with E-state index in [9.17, 15) is 24.9 Å². The Morgan fingerprint density at radius 1 is 0.804 bits per heavy atom. The van der Waals surface area contributed by atoms with Crippen LogP contribution in [0.1, 0.15) is 58.2 Å². The lowest BCUT2D eigenvalue weighted by molar-refractivity contribution is 0.0716. The minimum atomic E-state index is -1.77. The fourth-order valence-corrected chi connectivity index (χ4v) is 5.07. The van der Waals surface area contributed by atoms with Crippen molar-refractivity contribution < 1.29 is 39.1 Å². The first kappa shape index (κ1) is 33.9. The highest BCUT2D eigenvalue weighted by atomic mass is 16.5. The molecule has 2 unspecified atom stereocenters. The Morgan fingerprint density at radius 3 is 1.87 bits per heavy atom. The Hall–Kier alpha value is -4.96. The zero-order valence-corrected chi connectivity index (χ0v) is 27.0. The third-order valence-corrected chi connectivity index (χ3v) is 6.89. The zero-order chi connectivity index (χ0) is 33.7. The van der Waals surface area contributed by atoms with Gasteiger partial charge < -0.3 is 34.8 Å². The van der Waals surface area contributed by atoms with Crippen LogP contribution < -0.4 is 20.1 Å². The molecule has 10 nitrogen and oxygen atoms in total. The summed E-state index contributed by atoms with van der Waals surface area (Å²) in [5.74, 6) is 0.577. The van der Waals surface area contributed by atoms with E-state index >= 15 is 0 Å². The van der Waals surface area contributed by atoms with E-state index in [-0.39, 0.29) is 24.3 Å². The molecule has 0 bridgehead atoms. The van der Waals surface area contributed by atoms with E-state index in [4.69, 9.17) is 14.2 Å². The summed E-state index contributed by atoms with van der Waals surface area (Å²) in [6, 6.07) is 23.0. The van der Waals surface area contributed by atoms with Gasteiger partial charge in [-0.1, -0.05) is 54.6 Å². The number of benzene rings is 3. The molecule has 0 aliphatic heterocycles. The SMILES string of the molecule is CC(C)(C)Oc1ccc(CC2(NC(=O)O)C=C(c3ccc(OC(C)(C)C)cc3)C(NC(=O)OCc3ccccc3)=C(O)C2O)cc1. The second-order valence-corrected chi connectivity index (χ2v) is 13.2. The number of aliphatic hydroxyl groups excluding tert-OH is 2. The Labute approximate surface area is 269 Å². The maximum absolute atomic E-state index is 13.0. The molecule has 2 amide bonds. The van der Waals surface area contributed by atoms with Gasteiger partial charge in [-0.25, -0.2) is 9.59 Å². The molecule has 0 aromatic heterocycles. The largest absolute Gasteiger partial charge is 0.507 e. The number of rotatable bonds is 9. The number of amides is 2. The smallest absolute Gasteiger partial charge is 0.412 e. The van der Waals surface area contributed by atoms with Crippen molar-refractivity contribution >= 4 is 17.8 Å². The molecule has 1 aliphatic carbocycles. The summed E-state index contributed by atoms with van der Waals surface area (Å²) in [6.07, 6.45) is -2.59. The molecule has 5 N–H and O–H groups in total. The third-order valence-electron chi connectivity index (χ3n) is 6.89. The van der Waals surface area contributed by atoms with Crippen LogP contribution in [0.5, 0.6) is 11.5 Å². The van der Waals surface area contributed by atoms with Gasteiger partial charge in [-0.2, -0.15) is 0 Å². The molecule has 3 aromatic carbocycles. The van der Waals surface area contributed by atoms with Crippen molar-refractivity contribution in [2.45, 2.75) is 77.4 Å². The molecule has 0 radical (unpaired) electrons. The molecule has 2 atom stereocenters. The number of carboxylic acid groups (broad SMARTS) is 1. The minimum absolute atomic E-state index is 0.0272. The summed E-state index contributed by atoms with van der Waals surface area (Å²) in [5, 5.41) is 37.9. The quantitative estimate of drug-likeness (QED) is 0.175. The van der Waals surface area contributed by atoms with Crippen LogP contribution in [0.15, 0.2) is 96.4 Å². The van der Waals surface area contributed by atoms with Gasteiger partial charge in [-0.3, -0.25) is 5.32 Å². The van der Waals surface area contributed by atoms with Gasteiger partial charge in [-0.05, 0) is 88.6 Å². The zero-order valence-electron chi connectivity index (χ0n) is 27.0. The highest BCUT2D eigenvalue weighted by Crippen LogP contribution is 2.38. The van der Waals surface area contributed by atoms with Gasteiger partial charge in [-0.15, -0.1) is 0 Å². The van der Waals surface area contributed by atoms with Crippen LogP contribution in [0.2, 0.25) is 0 Å². The lowest BCUT2D eigenvalue weighted by Crippen LogP contribution is -2.59.